The summed E-state index contributed by atoms with van der Waals surface area (Å²) < 4.78 is 17.1. The van der Waals surface area contributed by atoms with Crippen LogP contribution in [0.25, 0.3) is 0 Å². The number of aliphatic imine (C=N–C) groups is 1. The van der Waals surface area contributed by atoms with E-state index < -0.39 is 12.0 Å². The molecule has 0 unspecified atom stereocenters. The number of ether oxygens (including phenoxy) is 1. The number of carbonyl (C=O) groups excluding carboxylic acids is 1. The predicted octanol–water partition coefficient (Wildman–Crippen LogP) is 1.81. The van der Waals surface area contributed by atoms with Gasteiger partial charge in [0.1, 0.15) is 11.9 Å². The first-order valence-electron chi connectivity index (χ1n) is 4.50. The van der Waals surface area contributed by atoms with Gasteiger partial charge < -0.3 is 4.74 Å². The lowest BCUT2D eigenvalue weighted by Gasteiger charge is -2.02. The normalized spacial score (nSPS) is 12.7. The molecular formula is C11H12FNO2. The fourth-order valence-electron chi connectivity index (χ4n) is 0.978. The SMILES string of the molecule is COC(=O)[C@H](C)N=Cc1ccc(F)cc1. The van der Waals surface area contributed by atoms with Crippen molar-refractivity contribution in [3.05, 3.63) is 35.6 Å². The molecule has 1 atom stereocenters. The van der Waals surface area contributed by atoms with Crippen LogP contribution in [0, 0.1) is 5.82 Å². The summed E-state index contributed by atoms with van der Waals surface area (Å²) in [5.41, 5.74) is 0.743. The molecule has 1 aromatic rings. The van der Waals surface area contributed by atoms with Crippen LogP contribution in [-0.4, -0.2) is 25.3 Å². The minimum Gasteiger partial charge on any atom is -0.467 e. The molecule has 1 aromatic carbocycles. The van der Waals surface area contributed by atoms with Crippen LogP contribution in [0.1, 0.15) is 12.5 Å². The van der Waals surface area contributed by atoms with Gasteiger partial charge in [0, 0.05) is 6.21 Å². The largest absolute Gasteiger partial charge is 0.467 e. The second-order valence-corrected chi connectivity index (χ2v) is 3.03. The Kier molecular flexibility index (Phi) is 3.97. The van der Waals surface area contributed by atoms with Crippen molar-refractivity contribution < 1.29 is 13.9 Å². The lowest BCUT2D eigenvalue weighted by atomic mass is 10.2. The van der Waals surface area contributed by atoms with Crippen molar-refractivity contribution in [2.45, 2.75) is 13.0 Å². The third kappa shape index (κ3) is 3.50. The lowest BCUT2D eigenvalue weighted by molar-refractivity contribution is -0.141. The summed E-state index contributed by atoms with van der Waals surface area (Å²) in [6.45, 7) is 1.63. The van der Waals surface area contributed by atoms with Gasteiger partial charge in [0.25, 0.3) is 0 Å². The zero-order valence-corrected chi connectivity index (χ0v) is 8.61. The van der Waals surface area contributed by atoms with Crippen LogP contribution in [0.3, 0.4) is 0 Å². The van der Waals surface area contributed by atoms with Crippen molar-refractivity contribution in [2.75, 3.05) is 7.11 Å². The van der Waals surface area contributed by atoms with Gasteiger partial charge in [0.05, 0.1) is 7.11 Å². The van der Waals surface area contributed by atoms with E-state index in [2.05, 4.69) is 9.73 Å². The van der Waals surface area contributed by atoms with Gasteiger partial charge in [-0.05, 0) is 24.6 Å². The summed E-state index contributed by atoms with van der Waals surface area (Å²) in [4.78, 5) is 15.0. The maximum absolute atomic E-state index is 12.5. The average Bonchev–Trinajstić information content (AvgIpc) is 2.26. The van der Waals surface area contributed by atoms with Crippen molar-refractivity contribution >= 4 is 12.2 Å². The Morgan fingerprint density at radius 1 is 1.47 bits per heavy atom. The van der Waals surface area contributed by atoms with Crippen molar-refractivity contribution in [3.63, 3.8) is 0 Å². The number of hydrogen-bond donors (Lipinski definition) is 0. The number of methoxy groups -OCH3 is 1. The number of nitrogens with zero attached hydrogens (tertiary/aromatic N) is 1. The fraction of sp³-hybridized carbons (Fsp3) is 0.273. The third-order valence-electron chi connectivity index (χ3n) is 1.86. The van der Waals surface area contributed by atoms with E-state index in [1.807, 2.05) is 0 Å². The Bertz CT molecular complexity index is 359. The van der Waals surface area contributed by atoms with Gasteiger partial charge in [0.2, 0.25) is 0 Å². The molecule has 80 valence electrons. The van der Waals surface area contributed by atoms with E-state index >= 15 is 0 Å². The number of esters is 1. The molecular weight excluding hydrogens is 197 g/mol. The minimum absolute atomic E-state index is 0.298. The van der Waals surface area contributed by atoms with Crippen LogP contribution >= 0.6 is 0 Å². The number of benzene rings is 1. The monoisotopic (exact) mass is 209 g/mol. The first-order valence-corrected chi connectivity index (χ1v) is 4.50. The number of rotatable bonds is 3. The minimum atomic E-state index is -0.542. The summed E-state index contributed by atoms with van der Waals surface area (Å²) in [7, 11) is 1.31. The Morgan fingerprint density at radius 2 is 2.07 bits per heavy atom. The molecule has 0 radical (unpaired) electrons. The molecule has 0 aliphatic heterocycles. The fourth-order valence-corrected chi connectivity index (χ4v) is 0.978. The Labute approximate surface area is 87.6 Å². The highest BCUT2D eigenvalue weighted by molar-refractivity contribution is 5.83. The zero-order chi connectivity index (χ0) is 11.3. The predicted molar refractivity (Wildman–Crippen MR) is 55.5 cm³/mol. The van der Waals surface area contributed by atoms with E-state index in [0.717, 1.165) is 5.56 Å². The molecule has 4 heteroatoms. The molecule has 0 aromatic heterocycles. The standard InChI is InChI=1S/C11H12FNO2/c1-8(11(14)15-2)13-7-9-3-5-10(12)6-4-9/h3-8H,1-2H3/t8-/m0/s1. The van der Waals surface area contributed by atoms with Gasteiger partial charge in [0.15, 0.2) is 0 Å². The van der Waals surface area contributed by atoms with Crippen LogP contribution < -0.4 is 0 Å². The maximum atomic E-state index is 12.5. The highest BCUT2D eigenvalue weighted by Gasteiger charge is 2.09. The number of carbonyl (C=O) groups is 1. The van der Waals surface area contributed by atoms with Crippen molar-refractivity contribution in [1.29, 1.82) is 0 Å². The van der Waals surface area contributed by atoms with Gasteiger partial charge in [-0.15, -0.1) is 0 Å². The molecule has 0 N–H and O–H groups in total. The number of halogens is 1. The molecule has 0 fully saturated rings. The van der Waals surface area contributed by atoms with Crippen molar-refractivity contribution in [2.24, 2.45) is 4.99 Å². The van der Waals surface area contributed by atoms with Crippen LogP contribution in [0.5, 0.6) is 0 Å². The maximum Gasteiger partial charge on any atom is 0.330 e. The highest BCUT2D eigenvalue weighted by atomic mass is 19.1. The average molecular weight is 209 g/mol. The molecule has 1 rings (SSSR count). The molecule has 0 spiro atoms. The van der Waals surface area contributed by atoms with Crippen LogP contribution in [0.15, 0.2) is 29.3 Å². The quantitative estimate of drug-likeness (QED) is 0.562. The van der Waals surface area contributed by atoms with Gasteiger partial charge in [-0.1, -0.05) is 12.1 Å². The number of hydrogen-bond acceptors (Lipinski definition) is 3. The van der Waals surface area contributed by atoms with Crippen LogP contribution in [0.2, 0.25) is 0 Å². The first kappa shape index (κ1) is 11.4. The molecule has 0 amide bonds. The zero-order valence-electron chi connectivity index (χ0n) is 8.61. The molecule has 15 heavy (non-hydrogen) atoms. The second kappa shape index (κ2) is 5.24. The topological polar surface area (TPSA) is 38.7 Å². The lowest BCUT2D eigenvalue weighted by Crippen LogP contribution is -2.16. The molecule has 0 aliphatic carbocycles. The molecule has 0 saturated carbocycles. The van der Waals surface area contributed by atoms with Crippen LogP contribution in [0.4, 0.5) is 4.39 Å². The Balaban J connectivity index is 2.65. The van der Waals surface area contributed by atoms with E-state index in [1.54, 1.807) is 19.1 Å². The molecule has 3 nitrogen and oxygen atoms in total. The van der Waals surface area contributed by atoms with E-state index in [-0.39, 0.29) is 5.82 Å². The summed E-state index contributed by atoms with van der Waals surface area (Å²) in [6.07, 6.45) is 1.51. The molecule has 0 saturated heterocycles. The van der Waals surface area contributed by atoms with E-state index in [4.69, 9.17) is 0 Å². The Morgan fingerprint density at radius 3 is 2.60 bits per heavy atom. The molecule has 0 bridgehead atoms. The Hall–Kier alpha value is -1.71. The molecule has 0 heterocycles. The second-order valence-electron chi connectivity index (χ2n) is 3.03. The van der Waals surface area contributed by atoms with Gasteiger partial charge >= 0.3 is 5.97 Å². The summed E-state index contributed by atoms with van der Waals surface area (Å²) in [5.74, 6) is -0.693. The van der Waals surface area contributed by atoms with Crippen LogP contribution in [-0.2, 0) is 9.53 Å². The van der Waals surface area contributed by atoms with E-state index in [0.29, 0.717) is 0 Å². The van der Waals surface area contributed by atoms with E-state index in [1.165, 1.54) is 25.5 Å². The summed E-state index contributed by atoms with van der Waals surface area (Å²) in [6, 6.07) is 5.31. The van der Waals surface area contributed by atoms with E-state index in [9.17, 15) is 9.18 Å². The van der Waals surface area contributed by atoms with Gasteiger partial charge in [-0.25, -0.2) is 9.18 Å². The van der Waals surface area contributed by atoms with Crippen molar-refractivity contribution in [1.82, 2.24) is 0 Å². The van der Waals surface area contributed by atoms with Gasteiger partial charge in [-0.2, -0.15) is 0 Å². The van der Waals surface area contributed by atoms with Crippen molar-refractivity contribution in [3.8, 4) is 0 Å². The third-order valence-corrected chi connectivity index (χ3v) is 1.86. The highest BCUT2D eigenvalue weighted by Crippen LogP contribution is 2.01. The smallest absolute Gasteiger partial charge is 0.330 e. The van der Waals surface area contributed by atoms with Gasteiger partial charge in [-0.3, -0.25) is 4.99 Å². The summed E-state index contributed by atoms with van der Waals surface area (Å²) in [5, 5.41) is 0. The summed E-state index contributed by atoms with van der Waals surface area (Å²) >= 11 is 0. The molecule has 0 aliphatic rings. The first-order chi connectivity index (χ1) is 7.13.